The van der Waals surface area contributed by atoms with Gasteiger partial charge in [0.2, 0.25) is 5.91 Å². The predicted molar refractivity (Wildman–Crippen MR) is 119 cm³/mol. The fraction of sp³-hybridized carbons (Fsp3) is 0.143. The van der Waals surface area contributed by atoms with Crippen LogP contribution in [0.5, 0.6) is 11.5 Å². The molecule has 0 saturated carbocycles. The largest absolute Gasteiger partial charge is 0.493 e. The molecule has 0 bridgehead atoms. The zero-order valence-corrected chi connectivity index (χ0v) is 18.2. The van der Waals surface area contributed by atoms with Crippen molar-refractivity contribution in [2.75, 3.05) is 25.6 Å². The molecular formula is C21H17ClN2O7S. The van der Waals surface area contributed by atoms with Crippen molar-refractivity contribution in [2.24, 2.45) is 0 Å². The highest BCUT2D eigenvalue weighted by atomic mass is 35.5. The summed E-state index contributed by atoms with van der Waals surface area (Å²) < 4.78 is 10.5. The summed E-state index contributed by atoms with van der Waals surface area (Å²) >= 11 is 6.47. The highest BCUT2D eigenvalue weighted by Crippen LogP contribution is 2.37. The van der Waals surface area contributed by atoms with Gasteiger partial charge in [-0.05, 0) is 48.2 Å². The number of benzene rings is 2. The van der Waals surface area contributed by atoms with Gasteiger partial charge in [0.15, 0.2) is 18.1 Å². The van der Waals surface area contributed by atoms with Gasteiger partial charge in [-0.15, -0.1) is 0 Å². The predicted octanol–water partition coefficient (Wildman–Crippen LogP) is 3.49. The molecule has 1 aliphatic rings. The normalized spacial score (nSPS) is 14.6. The first kappa shape index (κ1) is 23.2. The Bertz CT molecular complexity index is 1100. The van der Waals surface area contributed by atoms with Gasteiger partial charge in [-0.1, -0.05) is 23.7 Å². The summed E-state index contributed by atoms with van der Waals surface area (Å²) in [5.41, 5.74) is 0.820. The van der Waals surface area contributed by atoms with Crippen LogP contribution in [0.15, 0.2) is 47.4 Å². The Labute approximate surface area is 191 Å². The topological polar surface area (TPSA) is 122 Å². The zero-order valence-electron chi connectivity index (χ0n) is 16.7. The van der Waals surface area contributed by atoms with Crippen LogP contribution in [0.4, 0.5) is 10.5 Å². The van der Waals surface area contributed by atoms with Crippen molar-refractivity contribution in [3.63, 3.8) is 0 Å². The molecule has 9 nitrogen and oxygen atoms in total. The van der Waals surface area contributed by atoms with Crippen molar-refractivity contribution in [2.45, 2.75) is 0 Å². The number of hydrogen-bond donors (Lipinski definition) is 2. The molecule has 2 aromatic rings. The van der Waals surface area contributed by atoms with Crippen molar-refractivity contribution in [1.29, 1.82) is 0 Å². The van der Waals surface area contributed by atoms with Crippen LogP contribution >= 0.6 is 23.4 Å². The van der Waals surface area contributed by atoms with E-state index >= 15 is 0 Å². The van der Waals surface area contributed by atoms with E-state index in [1.54, 1.807) is 42.5 Å². The molecule has 2 N–H and O–H groups in total. The molecule has 166 valence electrons. The third kappa shape index (κ3) is 5.59. The van der Waals surface area contributed by atoms with E-state index in [1.807, 2.05) is 0 Å². The molecule has 32 heavy (non-hydrogen) atoms. The minimum absolute atomic E-state index is 0.0581. The minimum Gasteiger partial charge on any atom is -0.493 e. The number of thioether (sulfide) groups is 1. The Hall–Kier alpha value is -3.50. The second-order valence-corrected chi connectivity index (χ2v) is 7.81. The van der Waals surface area contributed by atoms with Crippen LogP contribution in [0.2, 0.25) is 5.02 Å². The molecule has 0 atom stereocenters. The molecule has 0 unspecified atom stereocenters. The van der Waals surface area contributed by atoms with Crippen LogP contribution < -0.4 is 14.8 Å². The van der Waals surface area contributed by atoms with Crippen LogP contribution in [-0.4, -0.2) is 53.3 Å². The average Bonchev–Trinajstić information content (AvgIpc) is 3.01. The summed E-state index contributed by atoms with van der Waals surface area (Å²) in [7, 11) is 1.39. The number of carbonyl (C=O) groups excluding carboxylic acids is 3. The van der Waals surface area contributed by atoms with Crippen LogP contribution in [0.25, 0.3) is 6.08 Å². The molecule has 1 saturated heterocycles. The van der Waals surface area contributed by atoms with Gasteiger partial charge in [-0.25, -0.2) is 4.79 Å². The van der Waals surface area contributed by atoms with Crippen molar-refractivity contribution in [3.05, 3.63) is 58.0 Å². The molecule has 1 heterocycles. The number of anilines is 1. The van der Waals surface area contributed by atoms with Gasteiger partial charge in [0.05, 0.1) is 12.0 Å². The van der Waals surface area contributed by atoms with Crippen molar-refractivity contribution in [1.82, 2.24) is 4.90 Å². The number of ether oxygens (including phenoxy) is 2. The molecule has 1 aliphatic heterocycles. The van der Waals surface area contributed by atoms with Crippen LogP contribution in [-0.2, 0) is 14.4 Å². The van der Waals surface area contributed by atoms with Gasteiger partial charge in [0, 0.05) is 16.3 Å². The number of nitrogens with one attached hydrogen (secondary N) is 1. The van der Waals surface area contributed by atoms with E-state index in [2.05, 4.69) is 5.32 Å². The highest BCUT2D eigenvalue weighted by molar-refractivity contribution is 8.18. The number of methoxy groups -OCH3 is 1. The fourth-order valence-corrected chi connectivity index (χ4v) is 3.71. The number of carboxylic acid groups (broad SMARTS) is 1. The number of amides is 3. The standard InChI is InChI=1S/C21H17ClN2O7S/c1-30-15-4-2-3-12(19(15)31-11-18(26)27)9-16-20(28)24(21(29)32-16)10-17(25)23-14-7-5-13(22)6-8-14/h2-9H,10-11H2,1H3,(H,23,25)(H,26,27)/b16-9+. The third-order valence-electron chi connectivity index (χ3n) is 4.16. The average molecular weight is 477 g/mol. The maximum atomic E-state index is 12.7. The Morgan fingerprint density at radius 3 is 2.56 bits per heavy atom. The van der Waals surface area contributed by atoms with Crippen molar-refractivity contribution in [3.8, 4) is 11.5 Å². The number of carboxylic acids is 1. The van der Waals surface area contributed by atoms with E-state index < -0.39 is 36.2 Å². The number of nitrogens with zero attached hydrogens (tertiary/aromatic N) is 1. The number of carbonyl (C=O) groups is 4. The van der Waals surface area contributed by atoms with Gasteiger partial charge in [-0.3, -0.25) is 19.3 Å². The Balaban J connectivity index is 1.77. The molecule has 0 aliphatic carbocycles. The summed E-state index contributed by atoms with van der Waals surface area (Å²) in [5.74, 6) is -2.01. The number of imide groups is 1. The number of halogens is 1. The lowest BCUT2D eigenvalue weighted by Gasteiger charge is -2.13. The number of hydrogen-bond acceptors (Lipinski definition) is 7. The number of rotatable bonds is 8. The highest BCUT2D eigenvalue weighted by Gasteiger charge is 2.36. The maximum Gasteiger partial charge on any atom is 0.341 e. The van der Waals surface area contributed by atoms with Crippen molar-refractivity contribution >= 4 is 58.1 Å². The maximum absolute atomic E-state index is 12.7. The monoisotopic (exact) mass is 476 g/mol. The lowest BCUT2D eigenvalue weighted by molar-refractivity contribution is -0.139. The van der Waals surface area contributed by atoms with E-state index in [0.717, 1.165) is 4.90 Å². The molecule has 3 amide bonds. The Morgan fingerprint density at radius 1 is 1.19 bits per heavy atom. The molecule has 1 fully saturated rings. The molecule has 11 heteroatoms. The zero-order chi connectivity index (χ0) is 23.3. The molecule has 2 aromatic carbocycles. The first-order valence-corrected chi connectivity index (χ1v) is 10.3. The Kier molecular flexibility index (Phi) is 7.39. The molecule has 0 spiro atoms. The van der Waals surface area contributed by atoms with Gasteiger partial charge in [0.1, 0.15) is 6.54 Å². The van der Waals surface area contributed by atoms with Gasteiger partial charge < -0.3 is 19.9 Å². The number of para-hydroxylation sites is 1. The third-order valence-corrected chi connectivity index (χ3v) is 5.32. The summed E-state index contributed by atoms with van der Waals surface area (Å²) in [6.07, 6.45) is 1.39. The van der Waals surface area contributed by atoms with Crippen molar-refractivity contribution < 1.29 is 33.8 Å². The lowest BCUT2D eigenvalue weighted by Crippen LogP contribution is -2.36. The van der Waals surface area contributed by atoms with Gasteiger partial charge in [0.25, 0.3) is 11.1 Å². The fourth-order valence-electron chi connectivity index (χ4n) is 2.75. The van der Waals surface area contributed by atoms with E-state index in [4.69, 9.17) is 26.2 Å². The molecule has 0 aromatic heterocycles. The molecular weight excluding hydrogens is 460 g/mol. The first-order valence-electron chi connectivity index (χ1n) is 9.11. The van der Waals surface area contributed by atoms with E-state index in [0.29, 0.717) is 28.0 Å². The lowest BCUT2D eigenvalue weighted by atomic mass is 10.1. The number of aliphatic carboxylic acids is 1. The van der Waals surface area contributed by atoms with Crippen LogP contribution in [0.3, 0.4) is 0 Å². The summed E-state index contributed by atoms with van der Waals surface area (Å²) in [5, 5.41) is 11.4. The second-order valence-electron chi connectivity index (χ2n) is 6.38. The SMILES string of the molecule is COc1cccc(/C=C2/SC(=O)N(CC(=O)Nc3ccc(Cl)cc3)C2=O)c1OCC(=O)O. The van der Waals surface area contributed by atoms with Crippen LogP contribution in [0, 0.1) is 0 Å². The summed E-state index contributed by atoms with van der Waals surface area (Å²) in [4.78, 5) is 49.1. The molecule has 3 rings (SSSR count). The van der Waals surface area contributed by atoms with E-state index in [1.165, 1.54) is 13.2 Å². The summed E-state index contributed by atoms with van der Waals surface area (Å²) in [6.45, 7) is -1.08. The van der Waals surface area contributed by atoms with Crippen LogP contribution in [0.1, 0.15) is 5.56 Å². The Morgan fingerprint density at radius 2 is 1.91 bits per heavy atom. The smallest absolute Gasteiger partial charge is 0.341 e. The minimum atomic E-state index is -1.19. The first-order chi connectivity index (χ1) is 15.3. The van der Waals surface area contributed by atoms with E-state index in [9.17, 15) is 19.2 Å². The molecule has 0 radical (unpaired) electrons. The van der Waals surface area contributed by atoms with E-state index in [-0.39, 0.29) is 16.4 Å². The van der Waals surface area contributed by atoms with Gasteiger partial charge in [-0.2, -0.15) is 0 Å². The quantitative estimate of drug-likeness (QED) is 0.555. The second kappa shape index (κ2) is 10.2. The summed E-state index contributed by atoms with van der Waals surface area (Å²) in [6, 6.07) is 11.2. The van der Waals surface area contributed by atoms with Gasteiger partial charge >= 0.3 is 5.97 Å².